The van der Waals surface area contributed by atoms with E-state index in [2.05, 4.69) is 5.32 Å². The van der Waals surface area contributed by atoms with Crippen LogP contribution in [0, 0.1) is 0 Å². The van der Waals surface area contributed by atoms with E-state index in [9.17, 15) is 26.4 Å². The van der Waals surface area contributed by atoms with Gasteiger partial charge in [-0.05, 0) is 42.3 Å². The van der Waals surface area contributed by atoms with Crippen LogP contribution in [0.25, 0.3) is 0 Å². The standard InChI is InChI=1S/C19H20ClF3N2O3S/c1-3-17(25(29(2,27)28)16-9-5-8-15(20)11-16)18(26)24-12-13-6-4-7-14(10-13)19(21,22)23/h4-11,17H,3,12H2,1-2H3,(H,24,26)/t17-/m1/s1. The molecule has 0 bridgehead atoms. The van der Waals surface area contributed by atoms with Gasteiger partial charge in [0.15, 0.2) is 0 Å². The maximum Gasteiger partial charge on any atom is 0.416 e. The van der Waals surface area contributed by atoms with Crippen LogP contribution in [0.4, 0.5) is 18.9 Å². The van der Waals surface area contributed by atoms with E-state index in [1.807, 2.05) is 0 Å². The third kappa shape index (κ3) is 6.11. The number of alkyl halides is 3. The summed E-state index contributed by atoms with van der Waals surface area (Å²) in [5.41, 5.74) is -0.356. The Morgan fingerprint density at radius 2 is 1.83 bits per heavy atom. The van der Waals surface area contributed by atoms with Crippen LogP contribution in [0.3, 0.4) is 0 Å². The number of hydrogen-bond acceptors (Lipinski definition) is 3. The highest BCUT2D eigenvalue weighted by Gasteiger charge is 2.32. The molecular weight excluding hydrogens is 429 g/mol. The van der Waals surface area contributed by atoms with Crippen molar-refractivity contribution in [3.8, 4) is 0 Å². The minimum atomic E-state index is -4.49. The first-order valence-corrected chi connectivity index (χ1v) is 10.8. The molecule has 2 aromatic carbocycles. The van der Waals surface area contributed by atoms with Crippen LogP contribution in [0.1, 0.15) is 24.5 Å². The van der Waals surface area contributed by atoms with Crippen molar-refractivity contribution in [1.29, 1.82) is 0 Å². The number of carbonyl (C=O) groups is 1. The number of benzene rings is 2. The normalized spacial score (nSPS) is 13.0. The van der Waals surface area contributed by atoms with Crippen molar-refractivity contribution in [2.45, 2.75) is 32.1 Å². The zero-order chi connectivity index (χ0) is 21.8. The summed E-state index contributed by atoms with van der Waals surface area (Å²) in [6, 6.07) is 9.54. The Morgan fingerprint density at radius 3 is 2.38 bits per heavy atom. The van der Waals surface area contributed by atoms with Crippen LogP contribution in [0.5, 0.6) is 0 Å². The highest BCUT2D eigenvalue weighted by molar-refractivity contribution is 7.92. The van der Waals surface area contributed by atoms with Gasteiger partial charge in [-0.3, -0.25) is 9.10 Å². The number of rotatable bonds is 7. The molecule has 0 aliphatic rings. The van der Waals surface area contributed by atoms with Gasteiger partial charge in [0, 0.05) is 11.6 Å². The predicted molar refractivity (Wildman–Crippen MR) is 106 cm³/mol. The van der Waals surface area contributed by atoms with Crippen molar-refractivity contribution < 1.29 is 26.4 Å². The second-order valence-electron chi connectivity index (χ2n) is 6.38. The maximum absolute atomic E-state index is 12.8. The van der Waals surface area contributed by atoms with Gasteiger partial charge in [0.2, 0.25) is 15.9 Å². The summed E-state index contributed by atoms with van der Waals surface area (Å²) in [6.07, 6.45) is -3.38. The van der Waals surface area contributed by atoms with Gasteiger partial charge >= 0.3 is 6.18 Å². The highest BCUT2D eigenvalue weighted by Crippen LogP contribution is 2.29. The number of halogens is 4. The molecule has 0 aromatic heterocycles. The molecule has 1 amide bonds. The Balaban J connectivity index is 2.24. The van der Waals surface area contributed by atoms with Crippen molar-refractivity contribution in [3.05, 3.63) is 64.7 Å². The number of nitrogens with one attached hydrogen (secondary N) is 1. The summed E-state index contributed by atoms with van der Waals surface area (Å²) >= 11 is 5.95. The molecule has 0 fully saturated rings. The molecule has 0 saturated heterocycles. The number of sulfonamides is 1. The molecule has 0 spiro atoms. The van der Waals surface area contributed by atoms with Crippen LogP contribution in [-0.4, -0.2) is 26.6 Å². The van der Waals surface area contributed by atoms with Gasteiger partial charge in [0.05, 0.1) is 17.5 Å². The average Bonchev–Trinajstić information content (AvgIpc) is 2.62. The fraction of sp³-hybridized carbons (Fsp3) is 0.316. The molecule has 0 aliphatic carbocycles. The fourth-order valence-electron chi connectivity index (χ4n) is 2.84. The molecule has 0 saturated carbocycles. The molecule has 2 rings (SSSR count). The van der Waals surface area contributed by atoms with E-state index in [-0.39, 0.29) is 24.2 Å². The minimum Gasteiger partial charge on any atom is -0.350 e. The van der Waals surface area contributed by atoms with Crippen molar-refractivity contribution in [3.63, 3.8) is 0 Å². The smallest absolute Gasteiger partial charge is 0.350 e. The van der Waals surface area contributed by atoms with Crippen molar-refractivity contribution >= 4 is 33.2 Å². The van der Waals surface area contributed by atoms with Gasteiger partial charge in [-0.1, -0.05) is 36.7 Å². The number of carbonyl (C=O) groups excluding carboxylic acids is 1. The lowest BCUT2D eigenvalue weighted by atomic mass is 10.1. The Bertz CT molecular complexity index is 981. The molecule has 10 heteroatoms. The molecule has 5 nitrogen and oxygen atoms in total. The summed E-state index contributed by atoms with van der Waals surface area (Å²) in [6.45, 7) is 1.46. The largest absolute Gasteiger partial charge is 0.416 e. The van der Waals surface area contributed by atoms with E-state index in [1.165, 1.54) is 24.3 Å². The Labute approximate surface area is 172 Å². The van der Waals surface area contributed by atoms with Crippen molar-refractivity contribution in [1.82, 2.24) is 5.32 Å². The van der Waals surface area contributed by atoms with E-state index >= 15 is 0 Å². The lowest BCUT2D eigenvalue weighted by Gasteiger charge is -2.30. The quantitative estimate of drug-likeness (QED) is 0.689. The minimum absolute atomic E-state index is 0.147. The number of amides is 1. The average molecular weight is 449 g/mol. The number of nitrogens with zero attached hydrogens (tertiary/aromatic N) is 1. The molecule has 0 radical (unpaired) electrons. The Morgan fingerprint density at radius 1 is 1.17 bits per heavy atom. The zero-order valence-corrected chi connectivity index (χ0v) is 17.3. The topological polar surface area (TPSA) is 66.5 Å². The maximum atomic E-state index is 12.8. The molecule has 2 aromatic rings. The van der Waals surface area contributed by atoms with Gasteiger partial charge in [-0.2, -0.15) is 13.2 Å². The molecule has 0 unspecified atom stereocenters. The second kappa shape index (κ2) is 9.04. The molecule has 158 valence electrons. The highest BCUT2D eigenvalue weighted by atomic mass is 35.5. The van der Waals surface area contributed by atoms with Gasteiger partial charge in [-0.25, -0.2) is 8.42 Å². The lowest BCUT2D eigenvalue weighted by molar-refractivity contribution is -0.137. The van der Waals surface area contributed by atoms with Crippen LogP contribution in [0.15, 0.2) is 48.5 Å². The second-order valence-corrected chi connectivity index (χ2v) is 8.67. The third-order valence-electron chi connectivity index (χ3n) is 4.11. The van der Waals surface area contributed by atoms with Crippen LogP contribution < -0.4 is 9.62 Å². The molecule has 0 aliphatic heterocycles. The molecule has 1 atom stereocenters. The SMILES string of the molecule is CC[C@H](C(=O)NCc1cccc(C(F)(F)F)c1)N(c1cccc(Cl)c1)S(C)(=O)=O. The summed E-state index contributed by atoms with van der Waals surface area (Å²) in [5.74, 6) is -0.629. The fourth-order valence-corrected chi connectivity index (χ4v) is 4.23. The first kappa shape index (κ1) is 23.0. The summed E-state index contributed by atoms with van der Waals surface area (Å²) in [7, 11) is -3.83. The number of anilines is 1. The first-order chi connectivity index (χ1) is 13.4. The summed E-state index contributed by atoms with van der Waals surface area (Å²) in [4.78, 5) is 12.7. The Kier molecular flexibility index (Phi) is 7.18. The number of hydrogen-bond donors (Lipinski definition) is 1. The predicted octanol–water partition coefficient (Wildman–Crippen LogP) is 4.22. The monoisotopic (exact) mass is 448 g/mol. The lowest BCUT2D eigenvalue weighted by Crippen LogP contribution is -2.49. The zero-order valence-electron chi connectivity index (χ0n) is 15.7. The van der Waals surface area contributed by atoms with E-state index < -0.39 is 33.7 Å². The molecule has 29 heavy (non-hydrogen) atoms. The van der Waals surface area contributed by atoms with Gasteiger partial charge in [0.1, 0.15) is 6.04 Å². The van der Waals surface area contributed by atoms with E-state index in [1.54, 1.807) is 19.1 Å². The van der Waals surface area contributed by atoms with Gasteiger partial charge in [-0.15, -0.1) is 0 Å². The summed E-state index contributed by atoms with van der Waals surface area (Å²) in [5, 5.41) is 2.82. The molecule has 0 heterocycles. The van der Waals surface area contributed by atoms with Crippen LogP contribution >= 0.6 is 11.6 Å². The van der Waals surface area contributed by atoms with Gasteiger partial charge < -0.3 is 5.32 Å². The molecule has 1 N–H and O–H groups in total. The van der Waals surface area contributed by atoms with Crippen LogP contribution in [0.2, 0.25) is 5.02 Å². The first-order valence-electron chi connectivity index (χ1n) is 8.62. The van der Waals surface area contributed by atoms with Crippen molar-refractivity contribution in [2.75, 3.05) is 10.6 Å². The van der Waals surface area contributed by atoms with Crippen molar-refractivity contribution in [2.24, 2.45) is 0 Å². The van der Waals surface area contributed by atoms with E-state index in [0.717, 1.165) is 22.7 Å². The Hall–Kier alpha value is -2.26. The van der Waals surface area contributed by atoms with Gasteiger partial charge in [0.25, 0.3) is 0 Å². The van der Waals surface area contributed by atoms with Crippen LogP contribution in [-0.2, 0) is 27.5 Å². The molecular formula is C19H20ClF3N2O3S. The third-order valence-corrected chi connectivity index (χ3v) is 5.53. The van der Waals surface area contributed by atoms with E-state index in [4.69, 9.17) is 11.6 Å². The summed E-state index contributed by atoms with van der Waals surface area (Å²) < 4.78 is 64.2. The van der Waals surface area contributed by atoms with E-state index in [0.29, 0.717) is 5.02 Å².